The van der Waals surface area contributed by atoms with Crippen molar-refractivity contribution in [2.24, 2.45) is 0 Å². The number of anilines is 1. The van der Waals surface area contributed by atoms with Crippen molar-refractivity contribution < 1.29 is 26.3 Å². The van der Waals surface area contributed by atoms with Crippen LogP contribution < -0.4 is 10.5 Å². The average Bonchev–Trinajstić information content (AvgIpc) is 3.31. The number of nitrogens with zero attached hydrogens (tertiary/aromatic N) is 4. The summed E-state index contributed by atoms with van der Waals surface area (Å²) in [6, 6.07) is 4.41. The Morgan fingerprint density at radius 1 is 1.28 bits per heavy atom. The molecule has 3 aliphatic rings. The lowest BCUT2D eigenvalue weighted by Crippen LogP contribution is -2.58. The lowest BCUT2D eigenvalue weighted by molar-refractivity contribution is -0.145. The molecule has 0 unspecified atom stereocenters. The van der Waals surface area contributed by atoms with Crippen LogP contribution in [0, 0.1) is 6.92 Å². The number of aromatic nitrogens is 4. The van der Waals surface area contributed by atoms with Gasteiger partial charge in [-0.3, -0.25) is 0 Å². The van der Waals surface area contributed by atoms with Gasteiger partial charge < -0.3 is 10.5 Å². The normalized spacial score (nSPS) is 25.3. The maximum atomic E-state index is 13.2. The number of ether oxygens (including phenoxy) is 1. The van der Waals surface area contributed by atoms with Crippen molar-refractivity contribution in [2.75, 3.05) is 12.3 Å². The third-order valence-electron chi connectivity index (χ3n) is 5.91. The van der Waals surface area contributed by atoms with Crippen LogP contribution in [-0.4, -0.2) is 45.7 Å². The number of aryl methyl sites for hydroxylation is 1. The van der Waals surface area contributed by atoms with Crippen LogP contribution in [-0.2, 0) is 20.9 Å². The highest BCUT2D eigenvalue weighted by Gasteiger charge is 2.61. The average molecular weight is 468 g/mol. The van der Waals surface area contributed by atoms with Crippen LogP contribution in [0.25, 0.3) is 16.9 Å². The highest BCUT2D eigenvalue weighted by molar-refractivity contribution is 7.89. The molecule has 0 amide bonds. The van der Waals surface area contributed by atoms with Gasteiger partial charge in [-0.1, -0.05) is 6.07 Å². The van der Waals surface area contributed by atoms with Gasteiger partial charge in [0.2, 0.25) is 10.0 Å². The standard InChI is InChI=1S/C19H19F3N6O3S/c1-10-3-4-11(32(29,30)27-18-7-17(2,8-18)31-9-18)5-12(10)13-6-24-15-14(23)25-16(19(20,21)22)26-28(13)15/h3-6,27H,7-9H2,1-2H3,(H2,23,25,26). The van der Waals surface area contributed by atoms with E-state index in [9.17, 15) is 21.6 Å². The van der Waals surface area contributed by atoms with Gasteiger partial charge in [-0.05, 0) is 44.4 Å². The van der Waals surface area contributed by atoms with Crippen molar-refractivity contribution in [3.8, 4) is 11.3 Å². The molecule has 2 aromatic heterocycles. The molecule has 2 aliphatic heterocycles. The molecule has 13 heteroatoms. The highest BCUT2D eigenvalue weighted by atomic mass is 32.2. The van der Waals surface area contributed by atoms with Crippen LogP contribution in [0.4, 0.5) is 19.0 Å². The van der Waals surface area contributed by atoms with Crippen LogP contribution in [0.15, 0.2) is 29.3 Å². The summed E-state index contributed by atoms with van der Waals surface area (Å²) >= 11 is 0. The molecule has 32 heavy (non-hydrogen) atoms. The Labute approximate surface area is 180 Å². The molecule has 0 spiro atoms. The fraction of sp³-hybridized carbons (Fsp3) is 0.421. The quantitative estimate of drug-likeness (QED) is 0.602. The zero-order valence-electron chi connectivity index (χ0n) is 17.1. The minimum Gasteiger partial charge on any atom is -0.380 e. The SMILES string of the molecule is Cc1ccc(S(=O)(=O)NC23COC(C)(C2)C3)cc1-c1cnc2c(N)nc(C(F)(F)F)nn12. The van der Waals surface area contributed by atoms with Crippen molar-refractivity contribution in [3.63, 3.8) is 0 Å². The molecular formula is C19H19F3N6O3S. The van der Waals surface area contributed by atoms with Gasteiger partial charge in [-0.2, -0.15) is 13.2 Å². The highest BCUT2D eigenvalue weighted by Crippen LogP contribution is 2.51. The van der Waals surface area contributed by atoms with Crippen LogP contribution in [0.3, 0.4) is 0 Å². The van der Waals surface area contributed by atoms with E-state index in [0.29, 0.717) is 30.6 Å². The number of nitrogens with one attached hydrogen (secondary N) is 1. The number of hydrogen-bond donors (Lipinski definition) is 2. The van der Waals surface area contributed by atoms with Gasteiger partial charge in [-0.15, -0.1) is 5.10 Å². The van der Waals surface area contributed by atoms with Gasteiger partial charge in [0.1, 0.15) is 0 Å². The first-order valence-corrected chi connectivity index (χ1v) is 11.2. The van der Waals surface area contributed by atoms with Gasteiger partial charge in [0, 0.05) is 5.56 Å². The van der Waals surface area contributed by atoms with Crippen molar-refractivity contribution in [3.05, 3.63) is 35.8 Å². The van der Waals surface area contributed by atoms with Crippen molar-refractivity contribution in [1.82, 2.24) is 24.3 Å². The van der Waals surface area contributed by atoms with Crippen LogP contribution in [0.5, 0.6) is 0 Å². The Morgan fingerprint density at radius 2 is 2.00 bits per heavy atom. The van der Waals surface area contributed by atoms with Gasteiger partial charge in [0.25, 0.3) is 5.82 Å². The summed E-state index contributed by atoms with van der Waals surface area (Å²) in [5, 5.41) is 3.54. The summed E-state index contributed by atoms with van der Waals surface area (Å²) in [5.74, 6) is -1.85. The van der Waals surface area contributed by atoms with E-state index in [1.807, 2.05) is 6.92 Å². The number of nitrogens with two attached hydrogens (primary N) is 1. The van der Waals surface area contributed by atoms with Crippen molar-refractivity contribution >= 4 is 21.5 Å². The van der Waals surface area contributed by atoms with E-state index in [-0.39, 0.29) is 21.8 Å². The fourth-order valence-electron chi connectivity index (χ4n) is 4.59. The molecule has 2 saturated heterocycles. The summed E-state index contributed by atoms with van der Waals surface area (Å²) in [6.45, 7) is 3.93. The summed E-state index contributed by atoms with van der Waals surface area (Å²) < 4.78 is 75.0. The Bertz CT molecular complexity index is 1360. The second kappa shape index (κ2) is 6.39. The van der Waals surface area contributed by atoms with Crippen LogP contribution in [0.1, 0.15) is 31.2 Å². The molecule has 3 aromatic rings. The third kappa shape index (κ3) is 3.22. The monoisotopic (exact) mass is 468 g/mol. The number of fused-ring (bicyclic) bond motifs is 2. The molecule has 3 fully saturated rings. The molecule has 170 valence electrons. The second-order valence-corrected chi connectivity index (χ2v) is 10.3. The van der Waals surface area contributed by atoms with E-state index in [1.54, 1.807) is 13.0 Å². The number of sulfonamides is 1. The topological polar surface area (TPSA) is 124 Å². The van der Waals surface area contributed by atoms with Crippen molar-refractivity contribution in [1.29, 1.82) is 0 Å². The smallest absolute Gasteiger partial charge is 0.380 e. The first-order chi connectivity index (χ1) is 14.8. The Hall–Kier alpha value is -2.77. The number of halogens is 3. The lowest BCUT2D eigenvalue weighted by Gasteiger charge is -2.42. The number of rotatable bonds is 4. The number of nitrogen functional groups attached to an aromatic ring is 1. The lowest BCUT2D eigenvalue weighted by atomic mass is 9.70. The van der Waals surface area contributed by atoms with Crippen LogP contribution in [0.2, 0.25) is 0 Å². The van der Waals surface area contributed by atoms with E-state index in [4.69, 9.17) is 10.5 Å². The van der Waals surface area contributed by atoms with E-state index in [1.165, 1.54) is 18.3 Å². The summed E-state index contributed by atoms with van der Waals surface area (Å²) in [5.41, 5.74) is 5.79. The Balaban J connectivity index is 1.58. The second-order valence-electron chi connectivity index (χ2n) is 8.65. The molecule has 9 nitrogen and oxygen atoms in total. The third-order valence-corrected chi connectivity index (χ3v) is 7.49. The summed E-state index contributed by atoms with van der Waals surface area (Å²) in [7, 11) is -3.91. The maximum Gasteiger partial charge on any atom is 0.453 e. The number of benzene rings is 1. The molecule has 1 saturated carbocycles. The largest absolute Gasteiger partial charge is 0.453 e. The minimum atomic E-state index is -4.81. The Morgan fingerprint density at radius 3 is 2.62 bits per heavy atom. The predicted octanol–water partition coefficient (Wildman–Crippen LogP) is 2.30. The van der Waals surface area contributed by atoms with E-state index in [2.05, 4.69) is 19.8 Å². The number of alkyl halides is 3. The van der Waals surface area contributed by atoms with E-state index < -0.39 is 33.4 Å². The zero-order chi connectivity index (χ0) is 23.1. The molecule has 1 aromatic carbocycles. The van der Waals surface area contributed by atoms with Gasteiger partial charge in [0.15, 0.2) is 11.5 Å². The molecule has 3 N–H and O–H groups in total. The van der Waals surface area contributed by atoms with Crippen LogP contribution >= 0.6 is 0 Å². The van der Waals surface area contributed by atoms with Gasteiger partial charge in [0.05, 0.1) is 34.5 Å². The van der Waals surface area contributed by atoms with Crippen molar-refractivity contribution in [2.45, 2.75) is 48.9 Å². The molecule has 4 heterocycles. The molecule has 0 atom stereocenters. The predicted molar refractivity (Wildman–Crippen MR) is 107 cm³/mol. The first kappa shape index (κ1) is 21.1. The molecular weight excluding hydrogens is 449 g/mol. The molecule has 6 rings (SSSR count). The number of hydrogen-bond acceptors (Lipinski definition) is 7. The summed E-state index contributed by atoms with van der Waals surface area (Å²) in [4.78, 5) is 7.27. The van der Waals surface area contributed by atoms with E-state index >= 15 is 0 Å². The molecule has 2 bridgehead atoms. The fourth-order valence-corrected chi connectivity index (χ4v) is 6.00. The van der Waals surface area contributed by atoms with E-state index in [0.717, 1.165) is 4.52 Å². The summed E-state index contributed by atoms with van der Waals surface area (Å²) in [6.07, 6.45) is -2.36. The zero-order valence-corrected chi connectivity index (χ0v) is 17.9. The maximum absolute atomic E-state index is 13.2. The molecule has 1 aliphatic carbocycles. The number of imidazole rings is 1. The Kier molecular flexibility index (Phi) is 4.21. The first-order valence-electron chi connectivity index (χ1n) is 9.68. The van der Waals surface area contributed by atoms with Gasteiger partial charge >= 0.3 is 6.18 Å². The van der Waals surface area contributed by atoms with Gasteiger partial charge in [-0.25, -0.2) is 27.6 Å². The minimum absolute atomic E-state index is 0.0269. The molecule has 0 radical (unpaired) electrons.